The van der Waals surface area contributed by atoms with E-state index in [2.05, 4.69) is 5.32 Å². The molecule has 0 aliphatic carbocycles. The molecule has 40 heavy (non-hydrogen) atoms. The van der Waals surface area contributed by atoms with E-state index in [0.717, 1.165) is 12.1 Å². The quantitative estimate of drug-likeness (QED) is 0.590. The van der Waals surface area contributed by atoms with Crippen molar-refractivity contribution in [2.45, 2.75) is 58.1 Å². The Morgan fingerprint density at radius 1 is 1.05 bits per heavy atom. The molecular weight excluding hydrogens is 527 g/mol. The summed E-state index contributed by atoms with van der Waals surface area (Å²) in [5.74, 6) is -0.406. The summed E-state index contributed by atoms with van der Waals surface area (Å²) in [6, 6.07) is 10.2. The number of carbonyl (C=O) groups excluding carboxylic acids is 3. The van der Waals surface area contributed by atoms with Crippen molar-refractivity contribution in [3.8, 4) is 5.75 Å². The molecule has 2 aliphatic heterocycles. The SMILES string of the molecule is COc1ccc(C(=O)N2C(C(=O)NCc3cccc(C(F)(F)F)c3)COC23CCN(C(=O)C(C)(C)C)CC3)cc1. The van der Waals surface area contributed by atoms with Gasteiger partial charge in [0.05, 0.1) is 19.3 Å². The van der Waals surface area contributed by atoms with E-state index in [1.54, 1.807) is 29.2 Å². The van der Waals surface area contributed by atoms with E-state index >= 15 is 0 Å². The Morgan fingerprint density at radius 3 is 2.27 bits per heavy atom. The number of halogens is 3. The molecule has 216 valence electrons. The first kappa shape index (κ1) is 29.4. The first-order chi connectivity index (χ1) is 18.7. The average Bonchev–Trinajstić information content (AvgIpc) is 3.29. The van der Waals surface area contributed by atoms with Gasteiger partial charge in [-0.1, -0.05) is 32.9 Å². The van der Waals surface area contributed by atoms with E-state index in [9.17, 15) is 27.6 Å². The number of rotatable bonds is 5. The largest absolute Gasteiger partial charge is 0.497 e. The number of nitrogens with one attached hydrogen (secondary N) is 1. The Bertz CT molecular complexity index is 1250. The number of carbonyl (C=O) groups is 3. The Labute approximate surface area is 231 Å². The van der Waals surface area contributed by atoms with Crippen LogP contribution in [0.25, 0.3) is 0 Å². The summed E-state index contributed by atoms with van der Waals surface area (Å²) in [6.07, 6.45) is -3.88. The molecule has 0 radical (unpaired) electrons. The number of piperidine rings is 1. The van der Waals surface area contributed by atoms with Gasteiger partial charge in [-0.3, -0.25) is 19.3 Å². The summed E-state index contributed by atoms with van der Waals surface area (Å²) >= 11 is 0. The van der Waals surface area contributed by atoms with Crippen molar-refractivity contribution in [1.29, 1.82) is 0 Å². The summed E-state index contributed by atoms with van der Waals surface area (Å²) < 4.78 is 50.7. The molecule has 0 aromatic heterocycles. The zero-order valence-electron chi connectivity index (χ0n) is 23.0. The van der Waals surface area contributed by atoms with E-state index in [1.807, 2.05) is 20.8 Å². The molecule has 11 heteroatoms. The molecular formula is C29H34F3N3O5. The van der Waals surface area contributed by atoms with Gasteiger partial charge < -0.3 is 19.7 Å². The molecule has 1 spiro atoms. The van der Waals surface area contributed by atoms with Crippen LogP contribution in [-0.4, -0.2) is 66.1 Å². The third kappa shape index (κ3) is 6.09. The van der Waals surface area contributed by atoms with Crippen LogP contribution in [0.5, 0.6) is 5.75 Å². The van der Waals surface area contributed by atoms with Crippen LogP contribution in [0.2, 0.25) is 0 Å². The van der Waals surface area contributed by atoms with Gasteiger partial charge in [-0.2, -0.15) is 13.2 Å². The van der Waals surface area contributed by atoms with Gasteiger partial charge in [0.2, 0.25) is 11.8 Å². The number of ether oxygens (including phenoxy) is 2. The van der Waals surface area contributed by atoms with Crippen LogP contribution in [0, 0.1) is 5.41 Å². The van der Waals surface area contributed by atoms with Gasteiger partial charge in [0.25, 0.3) is 5.91 Å². The third-order valence-corrected chi connectivity index (χ3v) is 7.31. The number of methoxy groups -OCH3 is 1. The van der Waals surface area contributed by atoms with E-state index in [-0.39, 0.29) is 24.6 Å². The normalized spacial score (nSPS) is 19.0. The smallest absolute Gasteiger partial charge is 0.416 e. The predicted octanol–water partition coefficient (Wildman–Crippen LogP) is 4.24. The first-order valence-corrected chi connectivity index (χ1v) is 13.1. The number of benzene rings is 2. The highest BCUT2D eigenvalue weighted by Crippen LogP contribution is 2.39. The minimum atomic E-state index is -4.50. The zero-order chi connectivity index (χ0) is 29.3. The Hall–Kier alpha value is -3.60. The fourth-order valence-corrected chi connectivity index (χ4v) is 5.14. The highest BCUT2D eigenvalue weighted by molar-refractivity contribution is 5.98. The summed E-state index contributed by atoms with van der Waals surface area (Å²) in [6.45, 7) is 6.00. The second-order valence-electron chi connectivity index (χ2n) is 11.1. The molecule has 1 unspecified atom stereocenters. The molecule has 3 amide bonds. The topological polar surface area (TPSA) is 88.2 Å². The number of amides is 3. The highest BCUT2D eigenvalue weighted by atomic mass is 19.4. The molecule has 1 N–H and O–H groups in total. The van der Waals surface area contributed by atoms with Gasteiger partial charge in [-0.15, -0.1) is 0 Å². The molecule has 1 atom stereocenters. The van der Waals surface area contributed by atoms with Crippen LogP contribution in [0.15, 0.2) is 48.5 Å². The van der Waals surface area contributed by atoms with E-state index in [0.29, 0.717) is 37.2 Å². The number of hydrogen-bond donors (Lipinski definition) is 1. The number of hydrogen-bond acceptors (Lipinski definition) is 5. The van der Waals surface area contributed by atoms with Gasteiger partial charge in [0.15, 0.2) is 0 Å². The minimum Gasteiger partial charge on any atom is -0.497 e. The molecule has 2 aliphatic rings. The average molecular weight is 562 g/mol. The minimum absolute atomic E-state index is 0.0104. The maximum absolute atomic E-state index is 13.9. The Kier molecular flexibility index (Phi) is 8.16. The van der Waals surface area contributed by atoms with Gasteiger partial charge in [-0.25, -0.2) is 0 Å². The molecule has 2 fully saturated rings. The van der Waals surface area contributed by atoms with Crippen molar-refractivity contribution in [1.82, 2.24) is 15.1 Å². The van der Waals surface area contributed by atoms with Crippen molar-refractivity contribution in [2.75, 3.05) is 26.8 Å². The standard InChI is InChI=1S/C29H34F3N3O5/c1-27(2,3)26(38)34-14-12-28(13-15-34)35(25(37)20-8-10-22(39-4)11-9-20)23(18-40-28)24(36)33-17-19-6-5-7-21(16-19)29(30,31)32/h5-11,16,23H,12-15,17-18H2,1-4H3,(H,33,36). The monoisotopic (exact) mass is 561 g/mol. The lowest BCUT2D eigenvalue weighted by Crippen LogP contribution is -2.60. The summed E-state index contributed by atoms with van der Waals surface area (Å²) in [7, 11) is 1.51. The van der Waals surface area contributed by atoms with Crippen LogP contribution < -0.4 is 10.1 Å². The molecule has 8 nitrogen and oxygen atoms in total. The van der Waals surface area contributed by atoms with Gasteiger partial charge in [-0.05, 0) is 42.0 Å². The second kappa shape index (κ2) is 11.1. The molecule has 0 bridgehead atoms. The van der Waals surface area contributed by atoms with Crippen LogP contribution in [0.1, 0.15) is 55.1 Å². The number of alkyl halides is 3. The highest BCUT2D eigenvalue weighted by Gasteiger charge is 2.54. The lowest BCUT2D eigenvalue weighted by molar-refractivity contribution is -0.150. The lowest BCUT2D eigenvalue weighted by Gasteiger charge is -2.45. The van der Waals surface area contributed by atoms with Crippen molar-refractivity contribution >= 4 is 17.7 Å². The van der Waals surface area contributed by atoms with Crippen LogP contribution in [0.3, 0.4) is 0 Å². The second-order valence-corrected chi connectivity index (χ2v) is 11.1. The van der Waals surface area contributed by atoms with Gasteiger partial charge in [0.1, 0.15) is 17.5 Å². The van der Waals surface area contributed by atoms with Gasteiger partial charge >= 0.3 is 6.18 Å². The maximum atomic E-state index is 13.9. The third-order valence-electron chi connectivity index (χ3n) is 7.31. The molecule has 2 heterocycles. The van der Waals surface area contributed by atoms with Crippen LogP contribution in [-0.2, 0) is 27.0 Å². The maximum Gasteiger partial charge on any atom is 0.416 e. The first-order valence-electron chi connectivity index (χ1n) is 13.1. The number of nitrogens with zero attached hydrogens (tertiary/aromatic N) is 2. The van der Waals surface area contributed by atoms with Gasteiger partial charge in [0, 0.05) is 43.5 Å². The van der Waals surface area contributed by atoms with Crippen molar-refractivity contribution in [2.24, 2.45) is 5.41 Å². The fraction of sp³-hybridized carbons (Fsp3) is 0.483. The van der Waals surface area contributed by atoms with E-state index in [1.165, 1.54) is 24.1 Å². The van der Waals surface area contributed by atoms with Crippen molar-refractivity contribution < 1.29 is 37.0 Å². The van der Waals surface area contributed by atoms with Crippen molar-refractivity contribution in [3.63, 3.8) is 0 Å². The van der Waals surface area contributed by atoms with E-state index in [4.69, 9.17) is 9.47 Å². The van der Waals surface area contributed by atoms with E-state index < -0.39 is 40.7 Å². The Morgan fingerprint density at radius 2 is 1.70 bits per heavy atom. The lowest BCUT2D eigenvalue weighted by atomic mass is 9.91. The molecule has 0 saturated carbocycles. The predicted molar refractivity (Wildman–Crippen MR) is 140 cm³/mol. The molecule has 2 aromatic carbocycles. The molecule has 2 aromatic rings. The van der Waals surface area contributed by atoms with Crippen LogP contribution in [0.4, 0.5) is 13.2 Å². The fourth-order valence-electron chi connectivity index (χ4n) is 5.14. The summed E-state index contributed by atoms with van der Waals surface area (Å²) in [5.41, 5.74) is -1.88. The number of likely N-dealkylation sites (tertiary alicyclic amines) is 1. The van der Waals surface area contributed by atoms with Crippen molar-refractivity contribution in [3.05, 3.63) is 65.2 Å². The zero-order valence-corrected chi connectivity index (χ0v) is 23.0. The Balaban J connectivity index is 1.56. The summed E-state index contributed by atoms with van der Waals surface area (Å²) in [5, 5.41) is 2.68. The summed E-state index contributed by atoms with van der Waals surface area (Å²) in [4.78, 5) is 43.3. The molecule has 2 saturated heterocycles. The van der Waals surface area contributed by atoms with Crippen LogP contribution >= 0.6 is 0 Å². The molecule has 4 rings (SSSR count).